The summed E-state index contributed by atoms with van der Waals surface area (Å²) in [5.41, 5.74) is -1.47. The van der Waals surface area contributed by atoms with Gasteiger partial charge in [-0.05, 0) is 0 Å². The van der Waals surface area contributed by atoms with Gasteiger partial charge in [-0.1, -0.05) is 0 Å². The van der Waals surface area contributed by atoms with Crippen LogP contribution >= 0.6 is 0 Å². The summed E-state index contributed by atoms with van der Waals surface area (Å²) in [6, 6.07) is 8.78. The third-order valence-corrected chi connectivity index (χ3v) is 6.47. The van der Waals surface area contributed by atoms with Gasteiger partial charge >= 0.3 is 173 Å². The maximum atomic E-state index is 13.2. The van der Waals surface area contributed by atoms with Crippen LogP contribution in [-0.4, -0.2) is 55.1 Å². The number of rotatable bonds is 3. The molecule has 0 unspecified atom stereocenters. The number of piperidine rings is 1. The number of carbonyl (C=O) groups is 3. The quantitative estimate of drug-likeness (QED) is 0.519. The number of amides is 2. The molecule has 1 saturated heterocycles. The Morgan fingerprint density at radius 2 is 1.54 bits per heavy atom. The van der Waals surface area contributed by atoms with Crippen LogP contribution in [0.5, 0.6) is 0 Å². The SMILES string of the molecule is CC(C)(C)OC(=O)[C@@H]1CC[C@@H]([Se]c2ccccc2)C(=O)N1C(=O)OC(C)(C)C. The first-order chi connectivity index (χ1) is 12.9. The first kappa shape index (κ1) is 22.4. The summed E-state index contributed by atoms with van der Waals surface area (Å²) < 4.78 is 12.0. The van der Waals surface area contributed by atoms with Crippen molar-refractivity contribution >= 4 is 37.4 Å². The standard InChI is InChI=1S/C21H29NO5Se/c1-20(2,3)26-18(24)15-12-13-16(28-14-10-8-7-9-11-14)17(23)22(15)19(25)27-21(4,5)6/h7-11,15-16H,12-13H2,1-6H3/t15-,16+/m0/s1. The summed E-state index contributed by atoms with van der Waals surface area (Å²) in [5.74, 6) is -0.933. The van der Waals surface area contributed by atoms with Gasteiger partial charge in [0, 0.05) is 0 Å². The van der Waals surface area contributed by atoms with Crippen LogP contribution in [0, 0.1) is 0 Å². The average molecular weight is 454 g/mol. The minimum absolute atomic E-state index is 0.141. The fourth-order valence-corrected chi connectivity index (χ4v) is 5.10. The summed E-state index contributed by atoms with van der Waals surface area (Å²) in [5, 5.41) is 0. The Hall–Kier alpha value is -1.85. The summed E-state index contributed by atoms with van der Waals surface area (Å²) in [6.45, 7) is 10.5. The number of benzene rings is 1. The Bertz CT molecular complexity index is 721. The number of hydrogen-bond donors (Lipinski definition) is 0. The number of nitrogens with zero attached hydrogens (tertiary/aromatic N) is 1. The molecule has 1 aromatic carbocycles. The van der Waals surface area contributed by atoms with E-state index in [1.165, 1.54) is 0 Å². The van der Waals surface area contributed by atoms with E-state index >= 15 is 0 Å². The predicted molar refractivity (Wildman–Crippen MR) is 108 cm³/mol. The number of carbonyl (C=O) groups excluding carboxylic acids is 3. The Balaban J connectivity index is 2.26. The molecule has 1 fully saturated rings. The third-order valence-electron chi connectivity index (χ3n) is 3.82. The van der Waals surface area contributed by atoms with Crippen molar-refractivity contribution in [3.05, 3.63) is 30.3 Å². The van der Waals surface area contributed by atoms with Crippen LogP contribution in [0.3, 0.4) is 0 Å². The molecule has 0 aromatic heterocycles. The Morgan fingerprint density at radius 3 is 2.07 bits per heavy atom. The van der Waals surface area contributed by atoms with Crippen LogP contribution in [0.2, 0.25) is 4.82 Å². The molecule has 1 aliphatic heterocycles. The van der Waals surface area contributed by atoms with E-state index in [1.807, 2.05) is 30.3 Å². The molecule has 7 heteroatoms. The van der Waals surface area contributed by atoms with Crippen molar-refractivity contribution in [1.82, 2.24) is 4.90 Å². The van der Waals surface area contributed by atoms with Crippen LogP contribution in [-0.2, 0) is 19.1 Å². The molecule has 6 nitrogen and oxygen atoms in total. The second-order valence-electron chi connectivity index (χ2n) is 8.73. The molecule has 1 heterocycles. The average Bonchev–Trinajstić information content (AvgIpc) is 2.54. The zero-order valence-corrected chi connectivity index (χ0v) is 19.1. The van der Waals surface area contributed by atoms with Gasteiger partial charge < -0.3 is 0 Å². The molecular formula is C21H29NO5Se. The van der Waals surface area contributed by atoms with E-state index in [2.05, 4.69) is 0 Å². The molecule has 0 aliphatic carbocycles. The zero-order chi connectivity index (χ0) is 21.1. The van der Waals surface area contributed by atoms with Gasteiger partial charge in [-0.2, -0.15) is 0 Å². The van der Waals surface area contributed by atoms with Crippen LogP contribution in [0.25, 0.3) is 0 Å². The number of ether oxygens (including phenoxy) is 2. The number of imide groups is 1. The number of hydrogen-bond acceptors (Lipinski definition) is 5. The van der Waals surface area contributed by atoms with Crippen molar-refractivity contribution in [1.29, 1.82) is 0 Å². The van der Waals surface area contributed by atoms with Crippen molar-refractivity contribution in [2.24, 2.45) is 0 Å². The second kappa shape index (κ2) is 8.66. The van der Waals surface area contributed by atoms with E-state index in [0.717, 1.165) is 9.36 Å². The van der Waals surface area contributed by atoms with Gasteiger partial charge in [0.1, 0.15) is 0 Å². The third kappa shape index (κ3) is 6.35. The van der Waals surface area contributed by atoms with Gasteiger partial charge in [-0.3, -0.25) is 0 Å². The molecule has 0 N–H and O–H groups in total. The van der Waals surface area contributed by atoms with Crippen LogP contribution in [0.15, 0.2) is 30.3 Å². The van der Waals surface area contributed by atoms with E-state index in [1.54, 1.807) is 41.5 Å². The van der Waals surface area contributed by atoms with E-state index in [4.69, 9.17) is 9.47 Å². The van der Waals surface area contributed by atoms with Crippen molar-refractivity contribution in [3.8, 4) is 0 Å². The Morgan fingerprint density at radius 1 is 0.964 bits per heavy atom. The first-order valence-electron chi connectivity index (χ1n) is 9.38. The van der Waals surface area contributed by atoms with Crippen LogP contribution in [0.4, 0.5) is 4.79 Å². The van der Waals surface area contributed by atoms with Gasteiger partial charge in [-0.25, -0.2) is 0 Å². The summed E-state index contributed by atoms with van der Waals surface area (Å²) >= 11 is -0.141. The molecular weight excluding hydrogens is 425 g/mol. The predicted octanol–water partition coefficient (Wildman–Crippen LogP) is 3.07. The first-order valence-corrected chi connectivity index (χ1v) is 11.2. The fourth-order valence-electron chi connectivity index (χ4n) is 2.76. The molecule has 2 rings (SSSR count). The zero-order valence-electron chi connectivity index (χ0n) is 17.4. The van der Waals surface area contributed by atoms with Gasteiger partial charge in [0.15, 0.2) is 0 Å². The molecule has 154 valence electrons. The molecule has 2 amide bonds. The summed E-state index contributed by atoms with van der Waals surface area (Å²) in [4.78, 5) is 39.3. The van der Waals surface area contributed by atoms with E-state index in [-0.39, 0.29) is 25.7 Å². The van der Waals surface area contributed by atoms with E-state index in [9.17, 15) is 14.4 Å². The Kier molecular flexibility index (Phi) is 6.94. The monoisotopic (exact) mass is 455 g/mol. The van der Waals surface area contributed by atoms with Crippen molar-refractivity contribution in [2.75, 3.05) is 0 Å². The van der Waals surface area contributed by atoms with Gasteiger partial charge in [0.05, 0.1) is 0 Å². The molecule has 1 aliphatic rings. The maximum absolute atomic E-state index is 13.2. The van der Waals surface area contributed by atoms with Gasteiger partial charge in [0.2, 0.25) is 0 Å². The number of esters is 1. The fraction of sp³-hybridized carbons (Fsp3) is 0.571. The Labute approximate surface area is 173 Å². The topological polar surface area (TPSA) is 72.9 Å². The normalized spacial score (nSPS) is 20.6. The van der Waals surface area contributed by atoms with E-state index in [0.29, 0.717) is 12.8 Å². The van der Waals surface area contributed by atoms with Crippen molar-refractivity contribution in [2.45, 2.75) is 76.4 Å². The second-order valence-corrected chi connectivity index (χ2v) is 11.4. The molecule has 2 atom stereocenters. The van der Waals surface area contributed by atoms with Crippen molar-refractivity contribution in [3.63, 3.8) is 0 Å². The summed E-state index contributed by atoms with van der Waals surface area (Å²) in [7, 11) is 0. The minimum atomic E-state index is -0.954. The molecule has 0 saturated carbocycles. The van der Waals surface area contributed by atoms with Gasteiger partial charge in [-0.15, -0.1) is 0 Å². The molecule has 0 bridgehead atoms. The van der Waals surface area contributed by atoms with Gasteiger partial charge in [0.25, 0.3) is 0 Å². The molecule has 28 heavy (non-hydrogen) atoms. The van der Waals surface area contributed by atoms with E-state index < -0.39 is 29.3 Å². The van der Waals surface area contributed by atoms with Crippen molar-refractivity contribution < 1.29 is 23.9 Å². The van der Waals surface area contributed by atoms with Crippen LogP contribution in [0.1, 0.15) is 54.4 Å². The molecule has 1 aromatic rings. The number of likely N-dealkylation sites (tertiary alicyclic amines) is 1. The van der Waals surface area contributed by atoms with Crippen LogP contribution < -0.4 is 4.46 Å². The summed E-state index contributed by atoms with van der Waals surface area (Å²) in [6.07, 6.45) is 0.123. The molecule has 0 radical (unpaired) electrons. The molecule has 0 spiro atoms.